The average Bonchev–Trinajstić information content (AvgIpc) is 2.82. The first-order valence-corrected chi connectivity index (χ1v) is 7.37. The summed E-state index contributed by atoms with van der Waals surface area (Å²) in [5.74, 6) is -0.413. The Labute approximate surface area is 116 Å². The number of piperidine rings is 1. The highest BCUT2D eigenvalue weighted by Gasteiger charge is 2.26. The van der Waals surface area contributed by atoms with Gasteiger partial charge in [-0.25, -0.2) is 4.98 Å². The number of nitrogens with zero attached hydrogens (tertiary/aromatic N) is 2. The van der Waals surface area contributed by atoms with E-state index in [1.165, 1.54) is 11.3 Å². The van der Waals surface area contributed by atoms with Gasteiger partial charge in [0.05, 0.1) is 11.2 Å². The number of likely N-dealkylation sites (tertiary alicyclic amines) is 1. The summed E-state index contributed by atoms with van der Waals surface area (Å²) in [7, 11) is 0. The largest absolute Gasteiger partial charge is 0.481 e. The molecule has 0 aromatic carbocycles. The fraction of sp³-hybridized carbons (Fsp3) is 0.615. The molecular formula is C13H18N2O3S. The van der Waals surface area contributed by atoms with Crippen LogP contribution in [0.1, 0.15) is 41.0 Å². The van der Waals surface area contributed by atoms with E-state index >= 15 is 0 Å². The zero-order valence-corrected chi connectivity index (χ0v) is 11.8. The number of aliphatic carboxylic acids is 1. The summed E-state index contributed by atoms with van der Waals surface area (Å²) in [4.78, 5) is 29.6. The molecule has 1 amide bonds. The maximum Gasteiger partial charge on any atom is 0.303 e. The van der Waals surface area contributed by atoms with E-state index in [1.54, 1.807) is 5.51 Å². The minimum absolute atomic E-state index is 0.0417. The van der Waals surface area contributed by atoms with Crippen molar-refractivity contribution in [3.05, 3.63) is 16.1 Å². The lowest BCUT2D eigenvalue weighted by Crippen LogP contribution is -2.40. The molecule has 1 aliphatic heterocycles. The number of carboxylic acids is 1. The van der Waals surface area contributed by atoms with Crippen molar-refractivity contribution in [2.45, 2.75) is 32.6 Å². The van der Waals surface area contributed by atoms with E-state index in [-0.39, 0.29) is 12.3 Å². The van der Waals surface area contributed by atoms with Gasteiger partial charge < -0.3 is 10.0 Å². The number of carboxylic acid groups (broad SMARTS) is 1. The van der Waals surface area contributed by atoms with Gasteiger partial charge in [-0.2, -0.15) is 0 Å². The summed E-state index contributed by atoms with van der Waals surface area (Å²) in [6, 6.07) is 0. The Hall–Kier alpha value is -1.43. The first-order valence-electron chi connectivity index (χ1n) is 6.49. The Balaban J connectivity index is 1.95. The minimum atomic E-state index is -0.762. The predicted molar refractivity (Wildman–Crippen MR) is 72.3 cm³/mol. The SMILES string of the molecule is Cc1ncsc1C(=O)N1CCCC(CCC(=O)O)C1. The molecule has 6 heteroatoms. The molecule has 5 nitrogen and oxygen atoms in total. The number of carbonyl (C=O) groups is 2. The molecule has 1 fully saturated rings. The number of rotatable bonds is 4. The fourth-order valence-corrected chi connectivity index (χ4v) is 3.23. The average molecular weight is 282 g/mol. The van der Waals surface area contributed by atoms with Gasteiger partial charge in [0.25, 0.3) is 5.91 Å². The van der Waals surface area contributed by atoms with Crippen LogP contribution in [0.5, 0.6) is 0 Å². The van der Waals surface area contributed by atoms with Crippen LogP contribution in [0.4, 0.5) is 0 Å². The molecule has 1 unspecified atom stereocenters. The van der Waals surface area contributed by atoms with Crippen LogP contribution in [0.25, 0.3) is 0 Å². The Morgan fingerprint density at radius 3 is 3.00 bits per heavy atom. The molecular weight excluding hydrogens is 264 g/mol. The van der Waals surface area contributed by atoms with Gasteiger partial charge in [-0.3, -0.25) is 9.59 Å². The van der Waals surface area contributed by atoms with Gasteiger partial charge in [0.2, 0.25) is 0 Å². The van der Waals surface area contributed by atoms with E-state index in [0.717, 1.165) is 25.1 Å². The second kappa shape index (κ2) is 6.14. The summed E-state index contributed by atoms with van der Waals surface area (Å²) in [5.41, 5.74) is 2.47. The van der Waals surface area contributed by atoms with Crippen molar-refractivity contribution < 1.29 is 14.7 Å². The maximum atomic E-state index is 12.3. The van der Waals surface area contributed by atoms with E-state index in [9.17, 15) is 9.59 Å². The van der Waals surface area contributed by atoms with E-state index in [0.29, 0.717) is 23.8 Å². The Morgan fingerprint density at radius 1 is 1.58 bits per heavy atom. The summed E-state index contributed by atoms with van der Waals surface area (Å²) < 4.78 is 0. The van der Waals surface area contributed by atoms with Crippen molar-refractivity contribution in [3.63, 3.8) is 0 Å². The topological polar surface area (TPSA) is 70.5 Å². The second-order valence-corrected chi connectivity index (χ2v) is 5.81. The Kier molecular flexibility index (Phi) is 4.52. The number of thiazole rings is 1. The smallest absolute Gasteiger partial charge is 0.303 e. The van der Waals surface area contributed by atoms with Crippen LogP contribution in [0, 0.1) is 12.8 Å². The van der Waals surface area contributed by atoms with Crippen LogP contribution >= 0.6 is 11.3 Å². The summed E-state index contributed by atoms with van der Waals surface area (Å²) >= 11 is 1.37. The number of aryl methyl sites for hydroxylation is 1. The van der Waals surface area contributed by atoms with Crippen molar-refractivity contribution in [1.29, 1.82) is 0 Å². The monoisotopic (exact) mass is 282 g/mol. The predicted octanol–water partition coefficient (Wildman–Crippen LogP) is 2.17. The number of aromatic nitrogens is 1. The highest BCUT2D eigenvalue weighted by atomic mass is 32.1. The standard InChI is InChI=1S/C13H18N2O3S/c1-9-12(19-8-14-9)13(18)15-6-2-3-10(7-15)4-5-11(16)17/h8,10H,2-7H2,1H3,(H,16,17). The molecule has 1 saturated heterocycles. The molecule has 1 atom stereocenters. The normalized spacial score (nSPS) is 19.4. The van der Waals surface area contributed by atoms with Gasteiger partial charge in [-0.05, 0) is 32.1 Å². The third kappa shape index (κ3) is 3.53. The van der Waals surface area contributed by atoms with Gasteiger partial charge in [0, 0.05) is 19.5 Å². The zero-order valence-electron chi connectivity index (χ0n) is 11.0. The van der Waals surface area contributed by atoms with Gasteiger partial charge in [-0.15, -0.1) is 11.3 Å². The summed E-state index contributed by atoms with van der Waals surface area (Å²) in [6.07, 6.45) is 2.81. The summed E-state index contributed by atoms with van der Waals surface area (Å²) in [5, 5.41) is 8.72. The van der Waals surface area contributed by atoms with Gasteiger partial charge >= 0.3 is 5.97 Å². The molecule has 19 heavy (non-hydrogen) atoms. The van der Waals surface area contributed by atoms with Crippen molar-refractivity contribution in [2.75, 3.05) is 13.1 Å². The van der Waals surface area contributed by atoms with Crippen molar-refractivity contribution in [3.8, 4) is 0 Å². The lowest BCUT2D eigenvalue weighted by atomic mass is 9.93. The molecule has 0 aliphatic carbocycles. The van der Waals surface area contributed by atoms with E-state index in [4.69, 9.17) is 5.11 Å². The van der Waals surface area contributed by atoms with Crippen LogP contribution in [0.2, 0.25) is 0 Å². The highest BCUT2D eigenvalue weighted by molar-refractivity contribution is 7.11. The molecule has 2 heterocycles. The molecule has 1 N–H and O–H groups in total. The van der Waals surface area contributed by atoms with Crippen molar-refractivity contribution in [2.24, 2.45) is 5.92 Å². The first-order chi connectivity index (χ1) is 9.08. The molecule has 0 bridgehead atoms. The molecule has 2 rings (SSSR count). The number of amides is 1. The number of hydrogen-bond donors (Lipinski definition) is 1. The second-order valence-electron chi connectivity index (χ2n) is 4.96. The molecule has 0 spiro atoms. The van der Waals surface area contributed by atoms with Gasteiger partial charge in [-0.1, -0.05) is 0 Å². The first kappa shape index (κ1) is 14.0. The molecule has 0 saturated carbocycles. The fourth-order valence-electron chi connectivity index (χ4n) is 2.46. The number of carbonyl (C=O) groups excluding carboxylic acids is 1. The van der Waals surface area contributed by atoms with Crippen LogP contribution < -0.4 is 0 Å². The lowest BCUT2D eigenvalue weighted by Gasteiger charge is -2.32. The third-order valence-corrected chi connectivity index (χ3v) is 4.43. The highest BCUT2D eigenvalue weighted by Crippen LogP contribution is 2.24. The lowest BCUT2D eigenvalue weighted by molar-refractivity contribution is -0.137. The summed E-state index contributed by atoms with van der Waals surface area (Å²) in [6.45, 7) is 3.28. The quantitative estimate of drug-likeness (QED) is 0.918. The van der Waals surface area contributed by atoms with Crippen molar-refractivity contribution >= 4 is 23.2 Å². The van der Waals surface area contributed by atoms with E-state index in [2.05, 4.69) is 4.98 Å². The van der Waals surface area contributed by atoms with E-state index in [1.807, 2.05) is 11.8 Å². The van der Waals surface area contributed by atoms with Crippen LogP contribution in [-0.4, -0.2) is 40.0 Å². The third-order valence-electron chi connectivity index (χ3n) is 3.51. The van der Waals surface area contributed by atoms with Crippen molar-refractivity contribution in [1.82, 2.24) is 9.88 Å². The minimum Gasteiger partial charge on any atom is -0.481 e. The molecule has 0 radical (unpaired) electrons. The molecule has 1 aliphatic rings. The Bertz CT molecular complexity index is 472. The van der Waals surface area contributed by atoms with Crippen LogP contribution in [0.15, 0.2) is 5.51 Å². The van der Waals surface area contributed by atoms with E-state index < -0.39 is 5.97 Å². The molecule has 104 valence electrons. The van der Waals surface area contributed by atoms with Gasteiger partial charge in [0.15, 0.2) is 0 Å². The van der Waals surface area contributed by atoms with Gasteiger partial charge in [0.1, 0.15) is 4.88 Å². The Morgan fingerprint density at radius 2 is 2.37 bits per heavy atom. The zero-order chi connectivity index (χ0) is 13.8. The maximum absolute atomic E-state index is 12.3. The number of hydrogen-bond acceptors (Lipinski definition) is 4. The molecule has 1 aromatic rings. The van der Waals surface area contributed by atoms with Crippen LogP contribution in [0.3, 0.4) is 0 Å². The molecule has 1 aromatic heterocycles. The van der Waals surface area contributed by atoms with Crippen LogP contribution in [-0.2, 0) is 4.79 Å².